The number of hydrogen-bond acceptors (Lipinski definition) is 3. The van der Waals surface area contributed by atoms with Crippen molar-refractivity contribution in [2.24, 2.45) is 5.73 Å². The van der Waals surface area contributed by atoms with Gasteiger partial charge in [-0.1, -0.05) is 29.8 Å². The Morgan fingerprint density at radius 1 is 1.23 bits per heavy atom. The number of nitrogens with two attached hydrogens (primary N) is 1. The van der Waals surface area contributed by atoms with Crippen molar-refractivity contribution in [3.63, 3.8) is 0 Å². The zero-order valence-corrected chi connectivity index (χ0v) is 14.2. The number of aryl methyl sites for hydroxylation is 1. The maximum Gasteiger partial charge on any atom is 0.222 e. The molecule has 0 saturated carbocycles. The minimum atomic E-state index is -0.307. The predicted octanol–water partition coefficient (Wildman–Crippen LogP) is 1.84. The third kappa shape index (κ3) is 8.00. The SMILES string of the molecule is CC(=O)NC(CC(=O)NCCC(C)N)c1ccc(C)cc1.Cl. The molecule has 2 amide bonds. The third-order valence-corrected chi connectivity index (χ3v) is 3.17. The standard InChI is InChI=1S/C16H25N3O2.ClH/c1-11-4-6-14(7-5-11)15(19-13(3)20)10-16(21)18-9-8-12(2)17;/h4-7,12,15H,8-10,17H2,1-3H3,(H,18,21)(H,19,20);1H. The first-order chi connectivity index (χ1) is 9.88. The maximum absolute atomic E-state index is 12.0. The normalized spacial score (nSPS) is 12.7. The first-order valence-corrected chi connectivity index (χ1v) is 7.24. The van der Waals surface area contributed by atoms with E-state index in [-0.39, 0.29) is 42.7 Å². The fourth-order valence-corrected chi connectivity index (χ4v) is 1.99. The largest absolute Gasteiger partial charge is 0.356 e. The lowest BCUT2D eigenvalue weighted by Gasteiger charge is -2.18. The van der Waals surface area contributed by atoms with Crippen molar-refractivity contribution in [1.29, 1.82) is 0 Å². The second kappa shape index (κ2) is 10.2. The van der Waals surface area contributed by atoms with E-state index in [9.17, 15) is 9.59 Å². The number of rotatable bonds is 7. The lowest BCUT2D eigenvalue weighted by atomic mass is 10.0. The quantitative estimate of drug-likeness (QED) is 0.714. The molecule has 1 rings (SSSR count). The Labute approximate surface area is 138 Å². The molecule has 1 aromatic rings. The van der Waals surface area contributed by atoms with Gasteiger partial charge in [-0.2, -0.15) is 0 Å². The topological polar surface area (TPSA) is 84.2 Å². The van der Waals surface area contributed by atoms with Crippen molar-refractivity contribution in [2.75, 3.05) is 6.54 Å². The minimum absolute atomic E-state index is 0. The number of hydrogen-bond donors (Lipinski definition) is 3. The van der Waals surface area contributed by atoms with Crippen molar-refractivity contribution in [1.82, 2.24) is 10.6 Å². The molecule has 0 bridgehead atoms. The van der Waals surface area contributed by atoms with E-state index in [2.05, 4.69) is 10.6 Å². The summed E-state index contributed by atoms with van der Waals surface area (Å²) in [4.78, 5) is 23.3. The number of carbonyl (C=O) groups is 2. The highest BCUT2D eigenvalue weighted by atomic mass is 35.5. The van der Waals surface area contributed by atoms with Crippen LogP contribution in [-0.4, -0.2) is 24.4 Å². The molecular weight excluding hydrogens is 302 g/mol. The molecule has 6 heteroatoms. The van der Waals surface area contributed by atoms with Crippen molar-refractivity contribution in [2.45, 2.75) is 45.7 Å². The summed E-state index contributed by atoms with van der Waals surface area (Å²) in [5.74, 6) is -0.237. The van der Waals surface area contributed by atoms with E-state index in [0.29, 0.717) is 6.54 Å². The van der Waals surface area contributed by atoms with E-state index in [4.69, 9.17) is 5.73 Å². The van der Waals surface area contributed by atoms with Gasteiger partial charge in [0.25, 0.3) is 0 Å². The molecule has 0 aliphatic heterocycles. The van der Waals surface area contributed by atoms with E-state index in [1.54, 1.807) is 0 Å². The first-order valence-electron chi connectivity index (χ1n) is 7.24. The molecule has 0 spiro atoms. The monoisotopic (exact) mass is 327 g/mol. The smallest absolute Gasteiger partial charge is 0.222 e. The summed E-state index contributed by atoms with van der Waals surface area (Å²) in [5.41, 5.74) is 7.71. The van der Waals surface area contributed by atoms with E-state index in [1.807, 2.05) is 38.1 Å². The summed E-state index contributed by atoms with van der Waals surface area (Å²) >= 11 is 0. The molecule has 0 saturated heterocycles. The molecule has 22 heavy (non-hydrogen) atoms. The van der Waals surface area contributed by atoms with E-state index < -0.39 is 0 Å². The number of nitrogens with one attached hydrogen (secondary N) is 2. The Hall–Kier alpha value is -1.59. The summed E-state index contributed by atoms with van der Waals surface area (Å²) in [6.45, 7) is 5.91. The van der Waals surface area contributed by atoms with Crippen LogP contribution in [0.25, 0.3) is 0 Å². The molecule has 0 aromatic heterocycles. The Morgan fingerprint density at radius 2 is 1.82 bits per heavy atom. The van der Waals surface area contributed by atoms with Crippen LogP contribution >= 0.6 is 12.4 Å². The first kappa shape index (κ1) is 20.4. The number of halogens is 1. The van der Waals surface area contributed by atoms with Crippen molar-refractivity contribution in [3.05, 3.63) is 35.4 Å². The number of benzene rings is 1. The van der Waals surface area contributed by atoms with Crippen molar-refractivity contribution < 1.29 is 9.59 Å². The second-order valence-electron chi connectivity index (χ2n) is 5.48. The molecule has 5 nitrogen and oxygen atoms in total. The van der Waals surface area contributed by atoms with Gasteiger partial charge in [0.1, 0.15) is 0 Å². The molecule has 2 unspecified atom stereocenters. The van der Waals surface area contributed by atoms with Crippen LogP contribution in [0.15, 0.2) is 24.3 Å². The van der Waals surface area contributed by atoms with Crippen LogP contribution in [0.4, 0.5) is 0 Å². The predicted molar refractivity (Wildman–Crippen MR) is 90.9 cm³/mol. The summed E-state index contributed by atoms with van der Waals surface area (Å²) in [6, 6.07) is 7.57. The van der Waals surface area contributed by atoms with E-state index in [1.165, 1.54) is 6.92 Å². The van der Waals surface area contributed by atoms with Crippen molar-refractivity contribution in [3.8, 4) is 0 Å². The third-order valence-electron chi connectivity index (χ3n) is 3.17. The molecular formula is C16H26ClN3O2. The molecule has 0 fully saturated rings. The van der Waals surface area contributed by atoms with Gasteiger partial charge < -0.3 is 16.4 Å². The van der Waals surface area contributed by atoms with Gasteiger partial charge >= 0.3 is 0 Å². The molecule has 0 heterocycles. The summed E-state index contributed by atoms with van der Waals surface area (Å²) in [7, 11) is 0. The Bertz CT molecular complexity index is 475. The number of amides is 2. The van der Waals surface area contributed by atoms with Crippen LogP contribution in [0.1, 0.15) is 43.9 Å². The molecule has 124 valence electrons. The van der Waals surface area contributed by atoms with Gasteiger partial charge in [-0.25, -0.2) is 0 Å². The van der Waals surface area contributed by atoms with Gasteiger partial charge in [0, 0.05) is 19.5 Å². The summed E-state index contributed by atoms with van der Waals surface area (Å²) < 4.78 is 0. The van der Waals surface area contributed by atoms with Crippen LogP contribution in [0.5, 0.6) is 0 Å². The van der Waals surface area contributed by atoms with Gasteiger partial charge in [-0.3, -0.25) is 9.59 Å². The fraction of sp³-hybridized carbons (Fsp3) is 0.500. The Balaban J connectivity index is 0.00000441. The molecule has 0 radical (unpaired) electrons. The number of carbonyl (C=O) groups excluding carboxylic acids is 2. The summed E-state index contributed by atoms with van der Waals surface area (Å²) in [6.07, 6.45) is 0.961. The average molecular weight is 328 g/mol. The van der Waals surface area contributed by atoms with Gasteiger partial charge in [-0.15, -0.1) is 12.4 Å². The van der Waals surface area contributed by atoms with Gasteiger partial charge in [-0.05, 0) is 25.8 Å². The van der Waals surface area contributed by atoms with E-state index in [0.717, 1.165) is 17.5 Å². The highest BCUT2D eigenvalue weighted by Crippen LogP contribution is 2.17. The Kier molecular flexibility index (Phi) is 9.45. The lowest BCUT2D eigenvalue weighted by molar-refractivity contribution is -0.122. The minimum Gasteiger partial charge on any atom is -0.356 e. The zero-order valence-electron chi connectivity index (χ0n) is 13.4. The van der Waals surface area contributed by atoms with Crippen LogP contribution in [0.3, 0.4) is 0 Å². The highest BCUT2D eigenvalue weighted by molar-refractivity contribution is 5.85. The molecule has 0 aliphatic rings. The van der Waals surface area contributed by atoms with E-state index >= 15 is 0 Å². The zero-order chi connectivity index (χ0) is 15.8. The van der Waals surface area contributed by atoms with Crippen molar-refractivity contribution >= 4 is 24.2 Å². The van der Waals surface area contributed by atoms with Crippen LogP contribution < -0.4 is 16.4 Å². The van der Waals surface area contributed by atoms with Gasteiger partial charge in [0.05, 0.1) is 12.5 Å². The average Bonchev–Trinajstić information content (AvgIpc) is 2.37. The second-order valence-corrected chi connectivity index (χ2v) is 5.48. The fourth-order valence-electron chi connectivity index (χ4n) is 1.99. The van der Waals surface area contributed by atoms with Gasteiger partial charge in [0.15, 0.2) is 0 Å². The Morgan fingerprint density at radius 3 is 2.32 bits per heavy atom. The highest BCUT2D eigenvalue weighted by Gasteiger charge is 2.16. The van der Waals surface area contributed by atoms with Gasteiger partial charge in [0.2, 0.25) is 11.8 Å². The van der Waals surface area contributed by atoms with Crippen LogP contribution in [0.2, 0.25) is 0 Å². The van der Waals surface area contributed by atoms with Crippen LogP contribution in [-0.2, 0) is 9.59 Å². The molecule has 0 aliphatic carbocycles. The maximum atomic E-state index is 12.0. The summed E-state index contributed by atoms with van der Waals surface area (Å²) in [5, 5.41) is 5.65. The molecule has 2 atom stereocenters. The molecule has 4 N–H and O–H groups in total. The van der Waals surface area contributed by atoms with Crippen LogP contribution in [0, 0.1) is 6.92 Å². The molecule has 1 aromatic carbocycles. The lowest BCUT2D eigenvalue weighted by Crippen LogP contribution is -2.34.